The maximum Gasteiger partial charge on any atom is 0.191 e. The molecule has 3 rings (SSSR count). The van der Waals surface area contributed by atoms with Gasteiger partial charge in [-0.1, -0.05) is 19.1 Å². The van der Waals surface area contributed by atoms with Crippen LogP contribution < -0.4 is 20.1 Å². The Morgan fingerprint density at radius 3 is 2.47 bits per heavy atom. The second kappa shape index (κ2) is 13.9. The molecule has 2 aromatic rings. The Hall–Kier alpha value is -1.56. The summed E-state index contributed by atoms with van der Waals surface area (Å²) < 4.78 is 16.5. The first kappa shape index (κ1) is 26.7. The van der Waals surface area contributed by atoms with Gasteiger partial charge in [0.1, 0.15) is 0 Å². The summed E-state index contributed by atoms with van der Waals surface area (Å²) in [5, 5.41) is 9.11. The van der Waals surface area contributed by atoms with E-state index in [4.69, 9.17) is 14.2 Å². The number of aliphatic imine (C=N–C) groups is 1. The summed E-state index contributed by atoms with van der Waals surface area (Å²) in [6.45, 7) is 7.06. The van der Waals surface area contributed by atoms with Crippen molar-refractivity contribution in [2.45, 2.75) is 18.9 Å². The minimum Gasteiger partial charge on any atom is -0.493 e. The zero-order valence-corrected chi connectivity index (χ0v) is 22.4. The molecule has 1 aromatic heterocycles. The molecule has 0 spiro atoms. The van der Waals surface area contributed by atoms with Crippen molar-refractivity contribution in [3.63, 3.8) is 0 Å². The van der Waals surface area contributed by atoms with Gasteiger partial charge in [-0.05, 0) is 29.1 Å². The van der Waals surface area contributed by atoms with Crippen LogP contribution in [-0.4, -0.2) is 71.5 Å². The third-order valence-corrected chi connectivity index (χ3v) is 6.67. The zero-order valence-electron chi connectivity index (χ0n) is 19.3. The Balaban J connectivity index is 0.00000363. The first-order valence-electron chi connectivity index (χ1n) is 10.7. The smallest absolute Gasteiger partial charge is 0.191 e. The number of nitrogens with one attached hydrogen (secondary N) is 2. The second-order valence-electron chi connectivity index (χ2n) is 7.53. The maximum atomic E-state index is 5.57. The number of morpholine rings is 1. The molecule has 2 heterocycles. The highest BCUT2D eigenvalue weighted by atomic mass is 127. The summed E-state index contributed by atoms with van der Waals surface area (Å²) in [6, 6.07) is 10.6. The summed E-state index contributed by atoms with van der Waals surface area (Å²) >= 11 is 1.79. The van der Waals surface area contributed by atoms with Gasteiger partial charge in [0, 0.05) is 44.0 Å². The van der Waals surface area contributed by atoms with Crippen LogP contribution >= 0.6 is 35.3 Å². The first-order valence-corrected chi connectivity index (χ1v) is 11.6. The van der Waals surface area contributed by atoms with Crippen molar-refractivity contribution in [2.75, 3.05) is 60.7 Å². The molecule has 0 aliphatic carbocycles. The average Bonchev–Trinajstić information content (AvgIpc) is 3.36. The van der Waals surface area contributed by atoms with Crippen LogP contribution in [0, 0.1) is 0 Å². The van der Waals surface area contributed by atoms with Crippen LogP contribution in [0.15, 0.2) is 40.7 Å². The standard InChI is InChI=1S/C23H34N4O3S.HI/c1-17(22-6-5-13-31-22)15-25-23(24-2)26-16-19(27-9-11-30-12-10-27)18-7-8-20(28-3)21(14-18)29-4;/h5-8,13-14,17,19H,9-12,15-16H2,1-4H3,(H2,24,25,26);1H. The predicted octanol–water partition coefficient (Wildman–Crippen LogP) is 3.73. The number of rotatable bonds is 9. The van der Waals surface area contributed by atoms with E-state index in [0.29, 0.717) is 5.92 Å². The lowest BCUT2D eigenvalue weighted by molar-refractivity contribution is 0.0169. The van der Waals surface area contributed by atoms with Gasteiger partial charge in [-0.2, -0.15) is 0 Å². The van der Waals surface area contributed by atoms with Gasteiger partial charge in [-0.25, -0.2) is 0 Å². The molecular weight excluding hydrogens is 539 g/mol. The minimum atomic E-state index is 0. The van der Waals surface area contributed by atoms with Gasteiger partial charge in [-0.3, -0.25) is 9.89 Å². The van der Waals surface area contributed by atoms with E-state index >= 15 is 0 Å². The van der Waals surface area contributed by atoms with Crippen molar-refractivity contribution in [3.8, 4) is 11.5 Å². The summed E-state index contributed by atoms with van der Waals surface area (Å²) in [5.74, 6) is 2.71. The Kier molecular flexibility index (Phi) is 11.6. The Morgan fingerprint density at radius 2 is 1.84 bits per heavy atom. The van der Waals surface area contributed by atoms with Crippen molar-refractivity contribution in [1.82, 2.24) is 15.5 Å². The Bertz CT molecular complexity index is 829. The summed E-state index contributed by atoms with van der Waals surface area (Å²) in [6.07, 6.45) is 0. The summed E-state index contributed by atoms with van der Waals surface area (Å²) in [5.41, 5.74) is 1.18. The molecule has 9 heteroatoms. The van der Waals surface area contributed by atoms with Gasteiger partial charge in [0.05, 0.1) is 33.5 Å². The molecule has 2 unspecified atom stereocenters. The van der Waals surface area contributed by atoms with E-state index in [1.165, 1.54) is 10.4 Å². The van der Waals surface area contributed by atoms with Crippen molar-refractivity contribution in [2.24, 2.45) is 4.99 Å². The van der Waals surface area contributed by atoms with Crippen LogP contribution in [0.5, 0.6) is 11.5 Å². The van der Waals surface area contributed by atoms with E-state index in [0.717, 1.165) is 56.9 Å². The number of benzene rings is 1. The molecule has 1 aliphatic heterocycles. The molecule has 1 saturated heterocycles. The Labute approximate surface area is 212 Å². The normalized spacial score (nSPS) is 16.6. The van der Waals surface area contributed by atoms with E-state index in [1.54, 1.807) is 25.6 Å². The van der Waals surface area contributed by atoms with Crippen LogP contribution in [0.25, 0.3) is 0 Å². The third kappa shape index (κ3) is 7.23. The highest BCUT2D eigenvalue weighted by Gasteiger charge is 2.24. The van der Waals surface area contributed by atoms with Crippen LogP contribution in [0.3, 0.4) is 0 Å². The summed E-state index contributed by atoms with van der Waals surface area (Å²) in [7, 11) is 5.14. The van der Waals surface area contributed by atoms with Crippen molar-refractivity contribution in [1.29, 1.82) is 0 Å². The van der Waals surface area contributed by atoms with Gasteiger partial charge >= 0.3 is 0 Å². The quantitative estimate of drug-likeness (QED) is 0.271. The highest BCUT2D eigenvalue weighted by Crippen LogP contribution is 2.32. The predicted molar refractivity (Wildman–Crippen MR) is 142 cm³/mol. The van der Waals surface area contributed by atoms with Gasteiger partial charge < -0.3 is 24.8 Å². The molecule has 0 bridgehead atoms. The molecule has 0 radical (unpaired) electrons. The lowest BCUT2D eigenvalue weighted by atomic mass is 10.0. The molecule has 1 aromatic carbocycles. The molecule has 0 amide bonds. The van der Waals surface area contributed by atoms with Crippen LogP contribution in [0.4, 0.5) is 0 Å². The topological polar surface area (TPSA) is 67.4 Å². The van der Waals surface area contributed by atoms with Gasteiger partial charge in [0.15, 0.2) is 17.5 Å². The molecule has 2 N–H and O–H groups in total. The van der Waals surface area contributed by atoms with E-state index < -0.39 is 0 Å². The second-order valence-corrected chi connectivity index (χ2v) is 8.51. The summed E-state index contributed by atoms with van der Waals surface area (Å²) in [4.78, 5) is 8.24. The van der Waals surface area contributed by atoms with E-state index in [2.05, 4.69) is 57.1 Å². The molecule has 1 fully saturated rings. The number of guanidine groups is 1. The SMILES string of the molecule is CN=C(NCC(C)c1cccs1)NCC(c1ccc(OC)c(OC)c1)N1CCOCC1.I. The van der Waals surface area contributed by atoms with Crippen LogP contribution in [0.2, 0.25) is 0 Å². The van der Waals surface area contributed by atoms with Crippen molar-refractivity contribution in [3.05, 3.63) is 46.2 Å². The fourth-order valence-corrected chi connectivity index (χ4v) is 4.53. The van der Waals surface area contributed by atoms with E-state index in [1.807, 2.05) is 13.1 Å². The molecule has 1 aliphatic rings. The number of hydrogen-bond acceptors (Lipinski definition) is 6. The number of nitrogens with zero attached hydrogens (tertiary/aromatic N) is 2. The maximum absolute atomic E-state index is 5.57. The minimum absolute atomic E-state index is 0. The highest BCUT2D eigenvalue weighted by molar-refractivity contribution is 14.0. The zero-order chi connectivity index (χ0) is 22.1. The number of hydrogen-bond donors (Lipinski definition) is 2. The largest absolute Gasteiger partial charge is 0.493 e. The lowest BCUT2D eigenvalue weighted by Crippen LogP contribution is -2.46. The van der Waals surface area contributed by atoms with Crippen LogP contribution in [-0.2, 0) is 4.74 Å². The number of halogens is 1. The Morgan fingerprint density at radius 1 is 1.12 bits per heavy atom. The molecule has 178 valence electrons. The fourth-order valence-electron chi connectivity index (χ4n) is 3.74. The molecule has 0 saturated carbocycles. The lowest BCUT2D eigenvalue weighted by Gasteiger charge is -2.35. The molecule has 7 nitrogen and oxygen atoms in total. The van der Waals surface area contributed by atoms with Crippen LogP contribution in [0.1, 0.15) is 29.3 Å². The van der Waals surface area contributed by atoms with E-state index in [9.17, 15) is 0 Å². The average molecular weight is 575 g/mol. The fraction of sp³-hybridized carbons (Fsp3) is 0.522. The molecule has 2 atom stereocenters. The molecule has 32 heavy (non-hydrogen) atoms. The van der Waals surface area contributed by atoms with Gasteiger partial charge in [-0.15, -0.1) is 35.3 Å². The van der Waals surface area contributed by atoms with Crippen molar-refractivity contribution >= 4 is 41.3 Å². The first-order chi connectivity index (χ1) is 15.2. The number of methoxy groups -OCH3 is 2. The third-order valence-electron chi connectivity index (χ3n) is 5.57. The monoisotopic (exact) mass is 574 g/mol. The van der Waals surface area contributed by atoms with Gasteiger partial charge in [0.2, 0.25) is 0 Å². The van der Waals surface area contributed by atoms with Crippen molar-refractivity contribution < 1.29 is 14.2 Å². The number of thiophene rings is 1. The van der Waals surface area contributed by atoms with Gasteiger partial charge in [0.25, 0.3) is 0 Å². The molecular formula is C23H35IN4O3S. The van der Waals surface area contributed by atoms with E-state index in [-0.39, 0.29) is 30.0 Å². The number of ether oxygens (including phenoxy) is 3.